The first kappa shape index (κ1) is 17.5. The maximum Gasteiger partial charge on any atom is 0.401 e. The number of carbonyl (C=O) groups is 1. The lowest BCUT2D eigenvalue weighted by Gasteiger charge is -2.28. The van der Waals surface area contributed by atoms with Gasteiger partial charge in [-0.3, -0.25) is 9.69 Å². The second-order valence-corrected chi connectivity index (χ2v) is 5.95. The molecule has 0 aromatic heterocycles. The van der Waals surface area contributed by atoms with E-state index in [-0.39, 0.29) is 11.8 Å². The third-order valence-electron chi connectivity index (χ3n) is 4.17. The fraction of sp³-hybridized carbons (Fsp3) is 0.929. The smallest absolute Gasteiger partial charge is 0.366 e. The number of likely N-dealkylation sites (tertiary alicyclic amines) is 1. The summed E-state index contributed by atoms with van der Waals surface area (Å²) in [5.74, 6) is 0.0522. The highest BCUT2D eigenvalue weighted by molar-refractivity contribution is 5.81. The molecule has 8 heteroatoms. The number of hydrogen-bond donors (Lipinski definition) is 1. The standard InChI is InChI=1S/C14H24F3N3O2/c1-2-19(10-14(15,16)17)8-11-3-5-20(9-11)13(21)12-7-18-4-6-22-12/h11-12,18H,2-10H2,1H3. The minimum absolute atomic E-state index is 0.0476. The van der Waals surface area contributed by atoms with Gasteiger partial charge in [-0.15, -0.1) is 0 Å². The fourth-order valence-corrected chi connectivity index (χ4v) is 3.03. The zero-order valence-corrected chi connectivity index (χ0v) is 12.9. The van der Waals surface area contributed by atoms with Gasteiger partial charge >= 0.3 is 6.18 Å². The molecular formula is C14H24F3N3O2. The van der Waals surface area contributed by atoms with E-state index in [1.807, 2.05) is 0 Å². The summed E-state index contributed by atoms with van der Waals surface area (Å²) < 4.78 is 42.9. The van der Waals surface area contributed by atoms with Gasteiger partial charge < -0.3 is 15.0 Å². The van der Waals surface area contributed by atoms with Crippen molar-refractivity contribution < 1.29 is 22.7 Å². The Morgan fingerprint density at radius 1 is 1.45 bits per heavy atom. The number of alkyl halides is 3. The molecule has 22 heavy (non-hydrogen) atoms. The molecule has 0 aromatic carbocycles. The number of nitrogens with zero attached hydrogens (tertiary/aromatic N) is 2. The molecule has 5 nitrogen and oxygen atoms in total. The molecule has 0 spiro atoms. The van der Waals surface area contributed by atoms with Gasteiger partial charge in [0.1, 0.15) is 6.10 Å². The van der Waals surface area contributed by atoms with Crippen molar-refractivity contribution in [2.45, 2.75) is 25.6 Å². The van der Waals surface area contributed by atoms with Crippen molar-refractivity contribution in [2.24, 2.45) is 5.92 Å². The molecule has 2 aliphatic heterocycles. The first-order valence-electron chi connectivity index (χ1n) is 7.79. The van der Waals surface area contributed by atoms with E-state index >= 15 is 0 Å². The quantitative estimate of drug-likeness (QED) is 0.809. The lowest BCUT2D eigenvalue weighted by Crippen LogP contribution is -2.49. The number of morpholine rings is 1. The number of halogens is 3. The fourth-order valence-electron chi connectivity index (χ4n) is 3.03. The number of hydrogen-bond acceptors (Lipinski definition) is 4. The average molecular weight is 323 g/mol. The topological polar surface area (TPSA) is 44.8 Å². The number of amides is 1. The molecule has 0 radical (unpaired) electrons. The van der Waals surface area contributed by atoms with Crippen LogP contribution in [0.25, 0.3) is 0 Å². The van der Waals surface area contributed by atoms with Crippen molar-refractivity contribution in [1.29, 1.82) is 0 Å². The molecular weight excluding hydrogens is 299 g/mol. The Balaban J connectivity index is 1.80. The van der Waals surface area contributed by atoms with Crippen molar-refractivity contribution in [3.05, 3.63) is 0 Å². The SMILES string of the molecule is CCN(CC1CCN(C(=O)C2CNCCO2)C1)CC(F)(F)F. The second kappa shape index (κ2) is 7.61. The molecule has 0 saturated carbocycles. The predicted octanol–water partition coefficient (Wildman–Crippen LogP) is 0.708. The normalized spacial score (nSPS) is 26.7. The Morgan fingerprint density at radius 3 is 2.82 bits per heavy atom. The number of nitrogens with one attached hydrogen (secondary N) is 1. The van der Waals surface area contributed by atoms with Crippen molar-refractivity contribution in [3.63, 3.8) is 0 Å². The summed E-state index contributed by atoms with van der Waals surface area (Å²) in [6.07, 6.45) is -3.88. The van der Waals surface area contributed by atoms with Gasteiger partial charge in [0.05, 0.1) is 13.2 Å². The van der Waals surface area contributed by atoms with Gasteiger partial charge in [-0.25, -0.2) is 0 Å². The van der Waals surface area contributed by atoms with E-state index in [2.05, 4.69) is 5.32 Å². The van der Waals surface area contributed by atoms with Crippen LogP contribution in [0.3, 0.4) is 0 Å². The first-order chi connectivity index (χ1) is 10.4. The molecule has 2 saturated heterocycles. The van der Waals surface area contributed by atoms with Crippen LogP contribution in [-0.2, 0) is 9.53 Å². The number of carbonyl (C=O) groups excluding carboxylic acids is 1. The summed E-state index contributed by atoms with van der Waals surface area (Å²) in [5.41, 5.74) is 0. The molecule has 1 amide bonds. The Bertz CT molecular complexity index is 373. The lowest BCUT2D eigenvalue weighted by molar-refractivity contribution is -0.148. The highest BCUT2D eigenvalue weighted by atomic mass is 19.4. The summed E-state index contributed by atoms with van der Waals surface area (Å²) in [6.45, 7) is 4.48. The van der Waals surface area contributed by atoms with Crippen LogP contribution < -0.4 is 5.32 Å². The molecule has 0 aromatic rings. The van der Waals surface area contributed by atoms with E-state index < -0.39 is 18.8 Å². The van der Waals surface area contributed by atoms with Crippen LogP contribution in [0.5, 0.6) is 0 Å². The molecule has 2 heterocycles. The molecule has 2 rings (SSSR count). The van der Waals surface area contributed by atoms with E-state index in [9.17, 15) is 18.0 Å². The van der Waals surface area contributed by atoms with Crippen LogP contribution in [0.4, 0.5) is 13.2 Å². The van der Waals surface area contributed by atoms with E-state index in [0.717, 1.165) is 13.0 Å². The van der Waals surface area contributed by atoms with Gasteiger partial charge in [-0.1, -0.05) is 6.92 Å². The Kier molecular flexibility index (Phi) is 6.05. The van der Waals surface area contributed by atoms with E-state index in [1.165, 1.54) is 4.90 Å². The minimum Gasteiger partial charge on any atom is -0.366 e. The zero-order chi connectivity index (χ0) is 16.2. The van der Waals surface area contributed by atoms with Crippen LogP contribution in [0.1, 0.15) is 13.3 Å². The van der Waals surface area contributed by atoms with Crippen molar-refractivity contribution in [3.8, 4) is 0 Å². The van der Waals surface area contributed by atoms with Gasteiger partial charge in [0, 0.05) is 32.7 Å². The highest BCUT2D eigenvalue weighted by Gasteiger charge is 2.35. The Labute approximate surface area is 128 Å². The monoisotopic (exact) mass is 323 g/mol. The Morgan fingerprint density at radius 2 is 2.23 bits per heavy atom. The maximum absolute atomic E-state index is 12.5. The number of rotatable bonds is 5. The first-order valence-corrected chi connectivity index (χ1v) is 7.79. The molecule has 1 N–H and O–H groups in total. The van der Waals surface area contributed by atoms with Crippen LogP contribution >= 0.6 is 0 Å². The third-order valence-corrected chi connectivity index (χ3v) is 4.17. The van der Waals surface area contributed by atoms with Crippen LogP contribution in [0.15, 0.2) is 0 Å². The Hall–Kier alpha value is -0.860. The van der Waals surface area contributed by atoms with Gasteiger partial charge in [0.15, 0.2) is 0 Å². The van der Waals surface area contributed by atoms with Crippen LogP contribution in [0.2, 0.25) is 0 Å². The van der Waals surface area contributed by atoms with Gasteiger partial charge in [0.2, 0.25) is 0 Å². The van der Waals surface area contributed by atoms with Gasteiger partial charge in [0.25, 0.3) is 5.91 Å². The highest BCUT2D eigenvalue weighted by Crippen LogP contribution is 2.22. The lowest BCUT2D eigenvalue weighted by atomic mass is 10.1. The van der Waals surface area contributed by atoms with Crippen LogP contribution in [-0.4, -0.2) is 80.4 Å². The molecule has 2 unspecified atom stereocenters. The van der Waals surface area contributed by atoms with Gasteiger partial charge in [-0.05, 0) is 18.9 Å². The molecule has 0 bridgehead atoms. The maximum atomic E-state index is 12.5. The molecule has 128 valence electrons. The van der Waals surface area contributed by atoms with Gasteiger partial charge in [-0.2, -0.15) is 13.2 Å². The second-order valence-electron chi connectivity index (χ2n) is 5.95. The minimum atomic E-state index is -4.17. The molecule has 2 fully saturated rings. The summed E-state index contributed by atoms with van der Waals surface area (Å²) >= 11 is 0. The van der Waals surface area contributed by atoms with Crippen molar-refractivity contribution in [2.75, 3.05) is 52.4 Å². The number of ether oxygens (including phenoxy) is 1. The predicted molar refractivity (Wildman–Crippen MR) is 75.5 cm³/mol. The summed E-state index contributed by atoms with van der Waals surface area (Å²) in [7, 11) is 0. The van der Waals surface area contributed by atoms with Crippen LogP contribution in [0, 0.1) is 5.92 Å². The zero-order valence-electron chi connectivity index (χ0n) is 12.9. The molecule has 2 atom stereocenters. The molecule has 2 aliphatic rings. The average Bonchev–Trinajstić information content (AvgIpc) is 2.93. The van der Waals surface area contributed by atoms with E-state index in [0.29, 0.717) is 39.3 Å². The largest absolute Gasteiger partial charge is 0.401 e. The van der Waals surface area contributed by atoms with Crippen molar-refractivity contribution in [1.82, 2.24) is 15.1 Å². The van der Waals surface area contributed by atoms with E-state index in [4.69, 9.17) is 4.74 Å². The molecule has 0 aliphatic carbocycles. The summed E-state index contributed by atoms with van der Waals surface area (Å²) in [4.78, 5) is 15.4. The van der Waals surface area contributed by atoms with E-state index in [1.54, 1.807) is 11.8 Å². The summed E-state index contributed by atoms with van der Waals surface area (Å²) in [6, 6.07) is 0. The third kappa shape index (κ3) is 5.10. The summed E-state index contributed by atoms with van der Waals surface area (Å²) in [5, 5.41) is 3.11. The van der Waals surface area contributed by atoms with Crippen molar-refractivity contribution >= 4 is 5.91 Å².